The fourth-order valence-electron chi connectivity index (χ4n) is 4.24. The zero-order valence-electron chi connectivity index (χ0n) is 16.6. The van der Waals surface area contributed by atoms with Gasteiger partial charge in [-0.1, -0.05) is 18.5 Å². The number of pyridine rings is 1. The average molecular weight is 481 g/mol. The first-order valence-corrected chi connectivity index (χ1v) is 10.9. The van der Waals surface area contributed by atoms with Crippen LogP contribution < -0.4 is 21.6 Å². The second-order valence-corrected chi connectivity index (χ2v) is 9.11. The minimum atomic E-state index is -0.934. The van der Waals surface area contributed by atoms with Crippen molar-refractivity contribution in [2.45, 2.75) is 13.0 Å². The lowest BCUT2D eigenvalue weighted by molar-refractivity contribution is 0.565. The normalized spacial score (nSPS) is 18.9. The molecule has 11 heteroatoms. The summed E-state index contributed by atoms with van der Waals surface area (Å²) in [6.45, 7) is 2.72. The van der Waals surface area contributed by atoms with E-state index in [0.29, 0.717) is 19.2 Å². The van der Waals surface area contributed by atoms with Gasteiger partial charge < -0.3 is 10.6 Å². The highest BCUT2D eigenvalue weighted by atomic mass is 35.5. The first kappa shape index (κ1) is 21.0. The van der Waals surface area contributed by atoms with Crippen LogP contribution in [0.5, 0.6) is 0 Å². The van der Waals surface area contributed by atoms with E-state index in [1.807, 2.05) is 6.92 Å². The molecule has 0 saturated carbocycles. The Morgan fingerprint density at radius 2 is 1.91 bits per heavy atom. The molecule has 5 rings (SSSR count). The molecule has 2 aromatic carbocycles. The van der Waals surface area contributed by atoms with Gasteiger partial charge >= 0.3 is 0 Å². The van der Waals surface area contributed by atoms with Crippen molar-refractivity contribution >= 4 is 49.9 Å². The van der Waals surface area contributed by atoms with Gasteiger partial charge in [0.15, 0.2) is 0 Å². The molecule has 1 fully saturated rings. The molecule has 1 aliphatic rings. The fourth-order valence-corrected chi connectivity index (χ4v) is 5.49. The summed E-state index contributed by atoms with van der Waals surface area (Å²) in [5.41, 5.74) is 4.60. The van der Waals surface area contributed by atoms with Crippen LogP contribution in [0.15, 0.2) is 33.9 Å². The van der Waals surface area contributed by atoms with E-state index in [4.69, 9.17) is 17.3 Å². The van der Waals surface area contributed by atoms with Crippen molar-refractivity contribution in [3.63, 3.8) is 0 Å². The van der Waals surface area contributed by atoms with Gasteiger partial charge in [0.2, 0.25) is 5.43 Å². The highest BCUT2D eigenvalue weighted by molar-refractivity contribution is 7.12. The fraction of sp³-hybridized carbons (Fsp3) is 0.238. The number of hydrogen-bond acceptors (Lipinski definition) is 5. The van der Waals surface area contributed by atoms with E-state index in [9.17, 15) is 18.4 Å². The third-order valence-electron chi connectivity index (χ3n) is 5.89. The number of aromatic nitrogens is 2. The van der Waals surface area contributed by atoms with Crippen LogP contribution in [0.4, 0.5) is 18.9 Å². The largest absolute Gasteiger partial charge is 0.366 e. The predicted octanol–water partition coefficient (Wildman–Crippen LogP) is 3.75. The number of halogens is 4. The molecule has 3 heterocycles. The quantitative estimate of drug-likeness (QED) is 0.458. The third-order valence-corrected chi connectivity index (χ3v) is 7.11. The Hall–Kier alpha value is -2.82. The first-order valence-electron chi connectivity index (χ1n) is 9.73. The van der Waals surface area contributed by atoms with E-state index in [1.54, 1.807) is 4.90 Å². The first-order chi connectivity index (χ1) is 15.2. The van der Waals surface area contributed by atoms with Crippen LogP contribution in [0.1, 0.15) is 6.92 Å². The number of rotatable bonds is 2. The summed E-state index contributed by atoms with van der Waals surface area (Å²) in [6, 6.07) is 3.70. The lowest BCUT2D eigenvalue weighted by atomic mass is 10.1. The summed E-state index contributed by atoms with van der Waals surface area (Å²) in [5, 5.41) is -0.566. The van der Waals surface area contributed by atoms with E-state index in [1.165, 1.54) is 10.6 Å². The molecule has 1 aliphatic heterocycles. The minimum absolute atomic E-state index is 0.0226. The average Bonchev–Trinajstić information content (AvgIpc) is 3.26. The maximum absolute atomic E-state index is 15.2. The monoisotopic (exact) mass is 480 g/mol. The van der Waals surface area contributed by atoms with Crippen molar-refractivity contribution in [2.24, 2.45) is 11.7 Å². The number of anilines is 1. The standard InChI is InChI=1S/C21H16ClF3N4O2S/c1-8-6-28(7-13(8)26)18-12(25)5-10-17(16(18)22)29(14-3-2-9(23)4-11(14)24)21-15(19(10)30)20(31)27-32-21/h2-5,8,13H,6-7,26H2,1H3,(H,27,31). The van der Waals surface area contributed by atoms with Crippen molar-refractivity contribution in [1.29, 1.82) is 0 Å². The Kier molecular flexibility index (Phi) is 4.84. The second-order valence-electron chi connectivity index (χ2n) is 7.94. The second kappa shape index (κ2) is 7.36. The molecule has 0 radical (unpaired) electrons. The third kappa shape index (κ3) is 2.97. The molecule has 0 bridgehead atoms. The number of nitrogens with one attached hydrogen (secondary N) is 1. The molecule has 3 N–H and O–H groups in total. The molecule has 1 saturated heterocycles. The van der Waals surface area contributed by atoms with Crippen LogP contribution in [-0.4, -0.2) is 28.1 Å². The van der Waals surface area contributed by atoms with Crippen LogP contribution in [0.25, 0.3) is 26.8 Å². The lowest BCUT2D eigenvalue weighted by Crippen LogP contribution is -2.29. The Bertz CT molecular complexity index is 1520. The summed E-state index contributed by atoms with van der Waals surface area (Å²) >= 11 is 7.49. The zero-order valence-corrected chi connectivity index (χ0v) is 18.2. The Morgan fingerprint density at radius 3 is 2.56 bits per heavy atom. The van der Waals surface area contributed by atoms with Crippen LogP contribution in [0.2, 0.25) is 5.02 Å². The van der Waals surface area contributed by atoms with Crippen LogP contribution in [-0.2, 0) is 0 Å². The van der Waals surface area contributed by atoms with E-state index in [-0.39, 0.29) is 49.5 Å². The van der Waals surface area contributed by atoms with Crippen molar-refractivity contribution in [1.82, 2.24) is 8.94 Å². The number of benzene rings is 2. The van der Waals surface area contributed by atoms with Crippen LogP contribution >= 0.6 is 23.1 Å². The van der Waals surface area contributed by atoms with Crippen molar-refractivity contribution in [3.05, 3.63) is 67.3 Å². The molecule has 6 nitrogen and oxygen atoms in total. The van der Waals surface area contributed by atoms with Gasteiger partial charge in [-0.3, -0.25) is 18.5 Å². The molecule has 0 spiro atoms. The lowest BCUT2D eigenvalue weighted by Gasteiger charge is -2.23. The van der Waals surface area contributed by atoms with Crippen molar-refractivity contribution in [2.75, 3.05) is 18.0 Å². The van der Waals surface area contributed by atoms with E-state index >= 15 is 4.39 Å². The maximum Gasteiger partial charge on any atom is 0.271 e. The zero-order chi connectivity index (χ0) is 22.9. The summed E-state index contributed by atoms with van der Waals surface area (Å²) in [6.07, 6.45) is 0. The molecule has 0 aliphatic carbocycles. The molecule has 2 atom stereocenters. The molecule has 0 amide bonds. The van der Waals surface area contributed by atoms with Crippen LogP contribution in [0, 0.1) is 23.4 Å². The predicted molar refractivity (Wildman–Crippen MR) is 120 cm³/mol. The van der Waals surface area contributed by atoms with E-state index < -0.39 is 28.4 Å². The summed E-state index contributed by atoms with van der Waals surface area (Å²) < 4.78 is 47.4. The van der Waals surface area contributed by atoms with Gasteiger partial charge in [-0.15, -0.1) is 0 Å². The number of fused-ring (bicyclic) bond motifs is 2. The number of aromatic amines is 1. The summed E-state index contributed by atoms with van der Waals surface area (Å²) in [5.74, 6) is -2.41. The van der Waals surface area contributed by atoms with Crippen LogP contribution in [0.3, 0.4) is 0 Å². The minimum Gasteiger partial charge on any atom is -0.366 e. The molecular weight excluding hydrogens is 465 g/mol. The van der Waals surface area contributed by atoms with E-state index in [0.717, 1.165) is 23.7 Å². The highest BCUT2D eigenvalue weighted by Gasteiger charge is 2.32. The van der Waals surface area contributed by atoms with Gasteiger partial charge in [0.25, 0.3) is 5.56 Å². The summed E-state index contributed by atoms with van der Waals surface area (Å²) in [4.78, 5) is 27.2. The van der Waals surface area contributed by atoms with Crippen molar-refractivity contribution < 1.29 is 13.2 Å². The van der Waals surface area contributed by atoms with Gasteiger partial charge in [0.1, 0.15) is 27.7 Å². The van der Waals surface area contributed by atoms with Gasteiger partial charge in [-0.05, 0) is 35.6 Å². The SMILES string of the molecule is CC1CN(c2c(F)cc3c(=O)c4c(=O)[nH]sc4n(-c4ccc(F)cc4F)c3c2Cl)CC1N. The molecular formula is C21H16ClF3N4O2S. The number of H-pyrrole nitrogens is 1. The smallest absolute Gasteiger partial charge is 0.271 e. The Morgan fingerprint density at radius 1 is 1.16 bits per heavy atom. The molecule has 2 unspecified atom stereocenters. The molecule has 32 heavy (non-hydrogen) atoms. The van der Waals surface area contributed by atoms with Crippen molar-refractivity contribution in [3.8, 4) is 5.69 Å². The van der Waals surface area contributed by atoms with Gasteiger partial charge in [0.05, 0.1) is 27.3 Å². The number of nitrogens with zero attached hydrogens (tertiary/aromatic N) is 2. The molecule has 166 valence electrons. The number of hydrogen-bond donors (Lipinski definition) is 2. The molecule has 4 aromatic rings. The van der Waals surface area contributed by atoms with Gasteiger partial charge in [-0.25, -0.2) is 13.2 Å². The highest BCUT2D eigenvalue weighted by Crippen LogP contribution is 2.40. The van der Waals surface area contributed by atoms with Gasteiger partial charge in [0, 0.05) is 25.2 Å². The number of nitrogens with two attached hydrogens (primary N) is 1. The van der Waals surface area contributed by atoms with Gasteiger partial charge in [-0.2, -0.15) is 0 Å². The van der Waals surface area contributed by atoms with E-state index in [2.05, 4.69) is 4.37 Å². The molecule has 2 aromatic heterocycles. The maximum atomic E-state index is 15.2. The topological polar surface area (TPSA) is 84.1 Å². The summed E-state index contributed by atoms with van der Waals surface area (Å²) in [7, 11) is 0. The Labute approximate surface area is 187 Å². The Balaban J connectivity index is 1.96.